The number of hydrogen-bond acceptors (Lipinski definition) is 0. The highest BCUT2D eigenvalue weighted by molar-refractivity contribution is 5.31. The third-order valence-corrected chi connectivity index (χ3v) is 4.99. The molecule has 1 aliphatic carbocycles. The quantitative estimate of drug-likeness (QED) is 0.393. The Morgan fingerprint density at radius 2 is 1.95 bits per heavy atom. The van der Waals surface area contributed by atoms with E-state index in [0.717, 1.165) is 12.8 Å². The van der Waals surface area contributed by atoms with Crippen LogP contribution in [0.1, 0.15) is 80.6 Å². The van der Waals surface area contributed by atoms with Crippen molar-refractivity contribution in [2.75, 3.05) is 0 Å². The van der Waals surface area contributed by atoms with E-state index in [0.29, 0.717) is 11.3 Å². The smallest absolute Gasteiger partial charge is 0.0384 e. The van der Waals surface area contributed by atoms with Crippen LogP contribution in [0.3, 0.4) is 0 Å². The number of hydrogen-bond donors (Lipinski definition) is 0. The van der Waals surface area contributed by atoms with Crippen LogP contribution in [-0.4, -0.2) is 0 Å². The van der Waals surface area contributed by atoms with Crippen molar-refractivity contribution in [1.29, 1.82) is 0 Å². The van der Waals surface area contributed by atoms with E-state index >= 15 is 0 Å². The maximum atomic E-state index is 3.38. The SMILES string of the molecule is CC/C=C(\C)C#CC(C)/C(C)=C/CC1=C(C)CCCC1(C)C. The fourth-order valence-corrected chi connectivity index (χ4v) is 3.26. The van der Waals surface area contributed by atoms with Crippen molar-refractivity contribution >= 4 is 0 Å². The molecule has 0 nitrogen and oxygen atoms in total. The van der Waals surface area contributed by atoms with Gasteiger partial charge in [0.05, 0.1) is 0 Å². The van der Waals surface area contributed by atoms with Crippen molar-refractivity contribution in [3.8, 4) is 11.8 Å². The van der Waals surface area contributed by atoms with Crippen LogP contribution in [0.4, 0.5) is 0 Å². The zero-order valence-electron chi connectivity index (χ0n) is 15.8. The first-order valence-electron chi connectivity index (χ1n) is 8.82. The monoisotopic (exact) mass is 298 g/mol. The summed E-state index contributed by atoms with van der Waals surface area (Å²) < 4.78 is 0. The fourth-order valence-electron chi connectivity index (χ4n) is 3.26. The molecule has 0 aromatic heterocycles. The molecule has 0 radical (unpaired) electrons. The molecule has 0 bridgehead atoms. The van der Waals surface area contributed by atoms with Crippen LogP contribution in [0.15, 0.2) is 34.4 Å². The molecule has 1 unspecified atom stereocenters. The lowest BCUT2D eigenvalue weighted by atomic mass is 9.71. The Kier molecular flexibility index (Phi) is 7.21. The minimum absolute atomic E-state index is 0.341. The van der Waals surface area contributed by atoms with Gasteiger partial charge in [-0.3, -0.25) is 0 Å². The van der Waals surface area contributed by atoms with Gasteiger partial charge in [0, 0.05) is 5.92 Å². The van der Waals surface area contributed by atoms with Gasteiger partial charge >= 0.3 is 0 Å². The number of rotatable bonds is 4. The topological polar surface area (TPSA) is 0 Å². The average Bonchev–Trinajstić information content (AvgIpc) is 2.43. The normalized spacial score (nSPS) is 20.5. The highest BCUT2D eigenvalue weighted by atomic mass is 14.3. The molecule has 1 aliphatic rings. The lowest BCUT2D eigenvalue weighted by molar-refractivity contribution is 0.360. The van der Waals surface area contributed by atoms with Crippen LogP contribution < -0.4 is 0 Å². The molecule has 0 aromatic rings. The van der Waals surface area contributed by atoms with Crippen molar-refractivity contribution in [2.24, 2.45) is 11.3 Å². The van der Waals surface area contributed by atoms with E-state index in [1.807, 2.05) is 0 Å². The third-order valence-electron chi connectivity index (χ3n) is 4.99. The fraction of sp³-hybridized carbons (Fsp3) is 0.636. The van der Waals surface area contributed by atoms with Crippen LogP contribution in [0.25, 0.3) is 0 Å². The van der Waals surface area contributed by atoms with Gasteiger partial charge in [0.2, 0.25) is 0 Å². The van der Waals surface area contributed by atoms with E-state index < -0.39 is 0 Å². The summed E-state index contributed by atoms with van der Waals surface area (Å²) in [7, 11) is 0. The lowest BCUT2D eigenvalue weighted by Crippen LogP contribution is -2.20. The zero-order valence-corrected chi connectivity index (χ0v) is 15.8. The van der Waals surface area contributed by atoms with Crippen molar-refractivity contribution in [3.05, 3.63) is 34.4 Å². The van der Waals surface area contributed by atoms with Crippen LogP contribution >= 0.6 is 0 Å². The van der Waals surface area contributed by atoms with E-state index in [2.05, 4.69) is 72.5 Å². The Hall–Kier alpha value is -1.22. The average molecular weight is 299 g/mol. The summed E-state index contributed by atoms with van der Waals surface area (Å²) in [6.07, 6.45) is 10.7. The van der Waals surface area contributed by atoms with E-state index in [9.17, 15) is 0 Å². The largest absolute Gasteiger partial charge is 0.0907 e. The molecule has 0 amide bonds. The second-order valence-corrected chi connectivity index (χ2v) is 7.43. The Morgan fingerprint density at radius 1 is 1.27 bits per heavy atom. The Balaban J connectivity index is 2.79. The van der Waals surface area contributed by atoms with Crippen molar-refractivity contribution in [1.82, 2.24) is 0 Å². The van der Waals surface area contributed by atoms with Gasteiger partial charge in [-0.25, -0.2) is 0 Å². The molecule has 0 saturated carbocycles. The molecule has 122 valence electrons. The van der Waals surface area contributed by atoms with Gasteiger partial charge < -0.3 is 0 Å². The molecule has 0 saturated heterocycles. The van der Waals surface area contributed by atoms with Crippen LogP contribution in [0, 0.1) is 23.2 Å². The van der Waals surface area contributed by atoms with Crippen LogP contribution in [-0.2, 0) is 0 Å². The van der Waals surface area contributed by atoms with Gasteiger partial charge in [-0.15, -0.1) is 0 Å². The first-order chi connectivity index (χ1) is 10.3. The summed E-state index contributed by atoms with van der Waals surface area (Å²) in [4.78, 5) is 0. The van der Waals surface area contributed by atoms with E-state index in [1.165, 1.54) is 30.4 Å². The maximum absolute atomic E-state index is 3.38. The summed E-state index contributed by atoms with van der Waals surface area (Å²) in [5, 5.41) is 0. The highest BCUT2D eigenvalue weighted by Gasteiger charge is 2.27. The summed E-state index contributed by atoms with van der Waals surface area (Å²) in [5.74, 6) is 7.01. The molecule has 0 spiro atoms. The van der Waals surface area contributed by atoms with Gasteiger partial charge in [-0.1, -0.05) is 61.5 Å². The van der Waals surface area contributed by atoms with Gasteiger partial charge in [0.25, 0.3) is 0 Å². The minimum atomic E-state index is 0.341. The third kappa shape index (κ3) is 5.53. The van der Waals surface area contributed by atoms with E-state index in [4.69, 9.17) is 0 Å². The summed E-state index contributed by atoms with van der Waals surface area (Å²) in [5.41, 5.74) is 6.22. The zero-order chi connectivity index (χ0) is 16.8. The van der Waals surface area contributed by atoms with E-state index in [1.54, 1.807) is 11.1 Å². The summed E-state index contributed by atoms with van der Waals surface area (Å²) in [6.45, 7) is 15.8. The molecule has 0 heteroatoms. The molecule has 0 heterocycles. The molecular weight excluding hydrogens is 264 g/mol. The molecule has 0 N–H and O–H groups in total. The van der Waals surface area contributed by atoms with Crippen LogP contribution in [0.5, 0.6) is 0 Å². The minimum Gasteiger partial charge on any atom is -0.0907 e. The van der Waals surface area contributed by atoms with E-state index in [-0.39, 0.29) is 0 Å². The second kappa shape index (κ2) is 8.42. The molecular formula is C22H34. The predicted molar refractivity (Wildman–Crippen MR) is 99.7 cm³/mol. The van der Waals surface area contributed by atoms with Gasteiger partial charge in [-0.2, -0.15) is 0 Å². The Bertz CT molecular complexity index is 526. The molecule has 1 rings (SSSR count). The highest BCUT2D eigenvalue weighted by Crippen LogP contribution is 2.42. The lowest BCUT2D eigenvalue weighted by Gasteiger charge is -2.34. The maximum Gasteiger partial charge on any atom is 0.0384 e. The summed E-state index contributed by atoms with van der Waals surface area (Å²) >= 11 is 0. The van der Waals surface area contributed by atoms with Gasteiger partial charge in [0.15, 0.2) is 0 Å². The Morgan fingerprint density at radius 3 is 2.55 bits per heavy atom. The van der Waals surface area contributed by atoms with Crippen LogP contribution in [0.2, 0.25) is 0 Å². The predicted octanol–water partition coefficient (Wildman–Crippen LogP) is 6.85. The van der Waals surface area contributed by atoms with Crippen molar-refractivity contribution in [2.45, 2.75) is 80.6 Å². The molecule has 0 fully saturated rings. The second-order valence-electron chi connectivity index (χ2n) is 7.43. The number of allylic oxidation sites excluding steroid dienone is 6. The van der Waals surface area contributed by atoms with Crippen molar-refractivity contribution < 1.29 is 0 Å². The van der Waals surface area contributed by atoms with Gasteiger partial charge in [0.1, 0.15) is 0 Å². The molecule has 22 heavy (non-hydrogen) atoms. The molecule has 0 aromatic carbocycles. The standard InChI is InChI=1S/C22H34/c1-8-10-17(2)12-13-18(3)19(4)14-15-21-20(5)11-9-16-22(21,6)7/h10,14,18H,8-9,11,15-16H2,1-7H3/b17-10+,19-14+. The van der Waals surface area contributed by atoms with Crippen molar-refractivity contribution in [3.63, 3.8) is 0 Å². The summed E-state index contributed by atoms with van der Waals surface area (Å²) in [6, 6.07) is 0. The molecule has 1 atom stereocenters. The first-order valence-corrected chi connectivity index (χ1v) is 8.82. The first kappa shape index (κ1) is 18.8. The molecule has 0 aliphatic heterocycles. The Labute approximate surface area is 138 Å². The van der Waals surface area contributed by atoms with Gasteiger partial charge in [-0.05, 0) is 70.8 Å².